The molecule has 2 N–H and O–H groups in total. The molecule has 1 aromatic heterocycles. The highest BCUT2D eigenvalue weighted by Crippen LogP contribution is 2.25. The number of anilines is 1. The lowest BCUT2D eigenvalue weighted by atomic mass is 9.86. The van der Waals surface area contributed by atoms with Crippen LogP contribution in [-0.4, -0.2) is 37.8 Å². The van der Waals surface area contributed by atoms with Gasteiger partial charge in [-0.1, -0.05) is 0 Å². The fraction of sp³-hybridized carbons (Fsp3) is 0.727. The molecular formula is C11H19ClN4O2. The Morgan fingerprint density at radius 2 is 1.83 bits per heavy atom. The van der Waals surface area contributed by atoms with Crippen LogP contribution in [0.5, 0.6) is 6.01 Å². The summed E-state index contributed by atoms with van der Waals surface area (Å²) in [5, 5.41) is 13.1. The second kappa shape index (κ2) is 5.24. The Kier molecular flexibility index (Phi) is 4.34. The minimum atomic E-state index is -0.960. The summed E-state index contributed by atoms with van der Waals surface area (Å²) >= 11 is 5.78. The molecular weight excluding hydrogens is 256 g/mol. The van der Waals surface area contributed by atoms with Crippen LogP contribution in [0, 0.1) is 0 Å². The molecule has 1 rings (SSSR count). The standard InChI is InChI=1S/C11H19ClN4O2/c1-6-18-9-14-7(12)13-8(15-9)16-10(2,3)11(4,5)17/h17H,6H2,1-5H3,(H,13,14,15,16). The van der Waals surface area contributed by atoms with Crippen molar-refractivity contribution in [1.82, 2.24) is 15.0 Å². The zero-order valence-corrected chi connectivity index (χ0v) is 12.0. The van der Waals surface area contributed by atoms with Gasteiger partial charge in [-0.3, -0.25) is 0 Å². The Hall–Kier alpha value is -1.14. The van der Waals surface area contributed by atoms with Crippen LogP contribution in [0.1, 0.15) is 34.6 Å². The average Bonchev–Trinajstić information content (AvgIpc) is 2.13. The summed E-state index contributed by atoms with van der Waals surface area (Å²) < 4.78 is 5.18. The smallest absolute Gasteiger partial charge is 0.322 e. The summed E-state index contributed by atoms with van der Waals surface area (Å²) in [6, 6.07) is 0.159. The zero-order chi connectivity index (χ0) is 14.0. The van der Waals surface area contributed by atoms with Crippen LogP contribution in [0.2, 0.25) is 5.28 Å². The predicted molar refractivity (Wildman–Crippen MR) is 70.0 cm³/mol. The van der Waals surface area contributed by atoms with Gasteiger partial charge < -0.3 is 15.2 Å². The Morgan fingerprint density at radius 3 is 2.33 bits per heavy atom. The molecule has 18 heavy (non-hydrogen) atoms. The number of halogens is 1. The molecule has 0 amide bonds. The van der Waals surface area contributed by atoms with E-state index in [9.17, 15) is 5.11 Å². The molecule has 0 atom stereocenters. The van der Waals surface area contributed by atoms with Gasteiger partial charge in [-0.25, -0.2) is 0 Å². The zero-order valence-electron chi connectivity index (χ0n) is 11.3. The molecule has 0 aromatic carbocycles. The van der Waals surface area contributed by atoms with E-state index in [-0.39, 0.29) is 17.2 Å². The Balaban J connectivity index is 2.97. The molecule has 1 heterocycles. The lowest BCUT2D eigenvalue weighted by Crippen LogP contribution is -2.51. The molecule has 1 aromatic rings. The van der Waals surface area contributed by atoms with Crippen molar-refractivity contribution in [2.24, 2.45) is 0 Å². The van der Waals surface area contributed by atoms with E-state index in [1.54, 1.807) is 13.8 Å². The minimum absolute atomic E-state index is 0.0440. The van der Waals surface area contributed by atoms with Crippen LogP contribution in [0.4, 0.5) is 5.95 Å². The van der Waals surface area contributed by atoms with Gasteiger partial charge in [0.15, 0.2) is 0 Å². The number of ether oxygens (including phenoxy) is 1. The second-order valence-electron chi connectivity index (χ2n) is 4.95. The van der Waals surface area contributed by atoms with E-state index in [0.717, 1.165) is 0 Å². The summed E-state index contributed by atoms with van der Waals surface area (Å²) in [4.78, 5) is 11.9. The fourth-order valence-corrected chi connectivity index (χ4v) is 1.17. The van der Waals surface area contributed by atoms with Gasteiger partial charge in [-0.15, -0.1) is 0 Å². The first kappa shape index (κ1) is 14.9. The summed E-state index contributed by atoms with van der Waals surface area (Å²) in [6.45, 7) is 9.34. The first-order chi connectivity index (χ1) is 8.15. The summed E-state index contributed by atoms with van der Waals surface area (Å²) in [5.41, 5.74) is -1.60. The second-order valence-corrected chi connectivity index (χ2v) is 5.29. The summed E-state index contributed by atoms with van der Waals surface area (Å²) in [5.74, 6) is 0.269. The maximum Gasteiger partial charge on any atom is 0.322 e. The molecule has 0 saturated carbocycles. The van der Waals surface area contributed by atoms with Gasteiger partial charge in [0.2, 0.25) is 11.2 Å². The number of aromatic nitrogens is 3. The average molecular weight is 275 g/mol. The highest BCUT2D eigenvalue weighted by Gasteiger charge is 2.35. The van der Waals surface area contributed by atoms with Crippen LogP contribution in [0.3, 0.4) is 0 Å². The van der Waals surface area contributed by atoms with Gasteiger partial charge in [-0.05, 0) is 46.2 Å². The predicted octanol–water partition coefficient (Wildman–Crippen LogP) is 1.89. The van der Waals surface area contributed by atoms with Crippen LogP contribution in [0.15, 0.2) is 0 Å². The first-order valence-electron chi connectivity index (χ1n) is 5.70. The Labute approximate surface area is 112 Å². The number of rotatable bonds is 5. The van der Waals surface area contributed by atoms with Gasteiger partial charge in [0.1, 0.15) is 0 Å². The van der Waals surface area contributed by atoms with Crippen molar-refractivity contribution in [3.63, 3.8) is 0 Å². The van der Waals surface area contributed by atoms with E-state index < -0.39 is 11.1 Å². The van der Waals surface area contributed by atoms with Gasteiger partial charge in [0.25, 0.3) is 0 Å². The lowest BCUT2D eigenvalue weighted by Gasteiger charge is -2.37. The third-order valence-corrected chi connectivity index (χ3v) is 2.98. The van der Waals surface area contributed by atoms with E-state index >= 15 is 0 Å². The molecule has 0 saturated heterocycles. The SMILES string of the molecule is CCOc1nc(Cl)nc(NC(C)(C)C(C)(C)O)n1. The lowest BCUT2D eigenvalue weighted by molar-refractivity contribution is 0.0236. The summed E-state index contributed by atoms with van der Waals surface area (Å²) in [7, 11) is 0. The molecule has 0 aliphatic heterocycles. The molecule has 0 bridgehead atoms. The number of hydrogen-bond donors (Lipinski definition) is 2. The van der Waals surface area contributed by atoms with E-state index in [1.807, 2.05) is 20.8 Å². The Bertz CT molecular complexity index is 418. The van der Waals surface area contributed by atoms with Crippen LogP contribution >= 0.6 is 11.6 Å². The Morgan fingerprint density at radius 1 is 1.22 bits per heavy atom. The van der Waals surface area contributed by atoms with E-state index in [1.165, 1.54) is 0 Å². The van der Waals surface area contributed by atoms with Crippen molar-refractivity contribution in [2.45, 2.75) is 45.8 Å². The van der Waals surface area contributed by atoms with E-state index in [2.05, 4.69) is 20.3 Å². The maximum atomic E-state index is 10.1. The van der Waals surface area contributed by atoms with Crippen LogP contribution in [0.25, 0.3) is 0 Å². The number of hydrogen-bond acceptors (Lipinski definition) is 6. The number of nitrogens with one attached hydrogen (secondary N) is 1. The molecule has 6 nitrogen and oxygen atoms in total. The molecule has 0 spiro atoms. The molecule has 0 unspecified atom stereocenters. The van der Waals surface area contributed by atoms with E-state index in [4.69, 9.17) is 16.3 Å². The van der Waals surface area contributed by atoms with Gasteiger partial charge >= 0.3 is 6.01 Å². The summed E-state index contributed by atoms with van der Waals surface area (Å²) in [6.07, 6.45) is 0. The fourth-order valence-electron chi connectivity index (χ4n) is 1.01. The molecule has 0 aliphatic carbocycles. The quantitative estimate of drug-likeness (QED) is 0.853. The van der Waals surface area contributed by atoms with Crippen molar-refractivity contribution in [3.05, 3.63) is 5.28 Å². The number of nitrogens with zero attached hydrogens (tertiary/aromatic N) is 3. The van der Waals surface area contributed by atoms with Crippen molar-refractivity contribution in [1.29, 1.82) is 0 Å². The topological polar surface area (TPSA) is 80.2 Å². The monoisotopic (exact) mass is 274 g/mol. The van der Waals surface area contributed by atoms with Crippen LogP contribution in [-0.2, 0) is 0 Å². The highest BCUT2D eigenvalue weighted by atomic mass is 35.5. The van der Waals surface area contributed by atoms with Crippen molar-refractivity contribution < 1.29 is 9.84 Å². The largest absolute Gasteiger partial charge is 0.464 e. The molecule has 7 heteroatoms. The molecule has 0 fully saturated rings. The molecule has 0 aliphatic rings. The van der Waals surface area contributed by atoms with Crippen molar-refractivity contribution in [3.8, 4) is 6.01 Å². The van der Waals surface area contributed by atoms with Crippen molar-refractivity contribution >= 4 is 17.5 Å². The van der Waals surface area contributed by atoms with E-state index in [0.29, 0.717) is 6.61 Å². The van der Waals surface area contributed by atoms with Gasteiger partial charge in [0, 0.05) is 0 Å². The molecule has 102 valence electrons. The minimum Gasteiger partial charge on any atom is -0.464 e. The normalized spacial score (nSPS) is 12.4. The number of aliphatic hydroxyl groups is 1. The van der Waals surface area contributed by atoms with Gasteiger partial charge in [-0.2, -0.15) is 15.0 Å². The van der Waals surface area contributed by atoms with Crippen molar-refractivity contribution in [2.75, 3.05) is 11.9 Å². The maximum absolute atomic E-state index is 10.1. The first-order valence-corrected chi connectivity index (χ1v) is 6.08. The molecule has 0 radical (unpaired) electrons. The third-order valence-electron chi connectivity index (χ3n) is 2.81. The highest BCUT2D eigenvalue weighted by molar-refractivity contribution is 6.28. The third kappa shape index (κ3) is 3.68. The van der Waals surface area contributed by atoms with Crippen LogP contribution < -0.4 is 10.1 Å². The van der Waals surface area contributed by atoms with Gasteiger partial charge in [0.05, 0.1) is 17.7 Å².